The smallest absolute Gasteiger partial charge is 0.0113 e. The first-order valence-electron chi connectivity index (χ1n) is 4.42. The number of unbranched alkanes of at least 4 members (excludes halogenated alkanes) is 5. The molecule has 0 amide bonds. The molecule has 0 unspecified atom stereocenters. The van der Waals surface area contributed by atoms with E-state index in [-0.39, 0.29) is 0 Å². The molecule has 0 spiro atoms. The maximum atomic E-state index is 5.02. The molecule has 0 aromatic rings. The van der Waals surface area contributed by atoms with Crippen LogP contribution in [0.5, 0.6) is 0 Å². The van der Waals surface area contributed by atoms with Crippen molar-refractivity contribution in [2.45, 2.75) is 39.0 Å². The van der Waals surface area contributed by atoms with Gasteiger partial charge in [-0.2, -0.15) is 5.53 Å². The first-order chi connectivity index (χ1) is 5.41. The molecule has 0 atom stereocenters. The predicted molar refractivity (Wildman–Crippen MR) is 48.4 cm³/mol. The molecule has 0 rings (SSSR count). The van der Waals surface area contributed by atoms with E-state index in [4.69, 9.17) is 5.84 Å². The maximum absolute atomic E-state index is 5.02. The van der Waals surface area contributed by atoms with E-state index < -0.39 is 0 Å². The highest BCUT2D eigenvalue weighted by atomic mass is 15.5. The number of rotatable bonds is 8. The molecule has 11 heavy (non-hydrogen) atoms. The molecule has 67 valence electrons. The normalized spacial score (nSPS) is 10.4. The minimum atomic E-state index is 0.961. The Kier molecular flexibility index (Phi) is 9.77. The van der Waals surface area contributed by atoms with Crippen molar-refractivity contribution in [1.82, 2.24) is 11.0 Å². The van der Waals surface area contributed by atoms with Gasteiger partial charge in [0.1, 0.15) is 0 Å². The molecular formula is C8H20N3. The second-order valence-electron chi connectivity index (χ2n) is 2.62. The molecule has 4 N–H and O–H groups in total. The Morgan fingerprint density at radius 3 is 2.73 bits per heavy atom. The monoisotopic (exact) mass is 158 g/mol. The average molecular weight is 158 g/mol. The van der Waals surface area contributed by atoms with Crippen molar-refractivity contribution in [2.75, 3.05) is 6.54 Å². The Morgan fingerprint density at radius 1 is 1.27 bits per heavy atom. The second-order valence-corrected chi connectivity index (χ2v) is 2.62. The Morgan fingerprint density at radius 2 is 2.09 bits per heavy atom. The van der Waals surface area contributed by atoms with Crippen LogP contribution in [0.4, 0.5) is 0 Å². The summed E-state index contributed by atoms with van der Waals surface area (Å²) in [7, 11) is 0. The van der Waals surface area contributed by atoms with Gasteiger partial charge >= 0.3 is 0 Å². The molecule has 0 heterocycles. The van der Waals surface area contributed by atoms with Gasteiger partial charge in [-0.1, -0.05) is 32.6 Å². The average Bonchev–Trinajstić information content (AvgIpc) is 2.03. The first kappa shape index (κ1) is 10.9. The highest BCUT2D eigenvalue weighted by Gasteiger charge is 1.88. The van der Waals surface area contributed by atoms with Crippen LogP contribution in [0.15, 0.2) is 0 Å². The lowest BCUT2D eigenvalue weighted by Gasteiger charge is -2.01. The van der Waals surface area contributed by atoms with E-state index >= 15 is 0 Å². The van der Waals surface area contributed by atoms with E-state index in [0.717, 1.165) is 6.54 Å². The zero-order valence-electron chi connectivity index (χ0n) is 7.40. The van der Waals surface area contributed by atoms with Crippen molar-refractivity contribution < 1.29 is 0 Å². The van der Waals surface area contributed by atoms with E-state index in [9.17, 15) is 0 Å². The molecule has 3 heteroatoms. The summed E-state index contributed by atoms with van der Waals surface area (Å²) in [6, 6.07) is 0. The Hall–Kier alpha value is -0.120. The van der Waals surface area contributed by atoms with Crippen molar-refractivity contribution in [3.63, 3.8) is 0 Å². The maximum Gasteiger partial charge on any atom is 0.0113 e. The molecule has 0 bridgehead atoms. The van der Waals surface area contributed by atoms with Crippen LogP contribution in [-0.4, -0.2) is 6.54 Å². The minimum Gasteiger partial charge on any atom is -0.258 e. The van der Waals surface area contributed by atoms with Gasteiger partial charge in [0.05, 0.1) is 0 Å². The molecule has 0 saturated heterocycles. The summed E-state index contributed by atoms with van der Waals surface area (Å²) in [6.07, 6.45) is 8.57. The number of hydrazine groups is 2. The zero-order chi connectivity index (χ0) is 8.36. The third-order valence-corrected chi connectivity index (χ3v) is 1.60. The molecule has 0 aromatic heterocycles. The van der Waals surface area contributed by atoms with Crippen molar-refractivity contribution in [3.8, 4) is 0 Å². The Bertz CT molecular complexity index is 58.4. The molecular weight excluding hydrogens is 138 g/mol. The van der Waals surface area contributed by atoms with E-state index in [1.807, 2.05) is 0 Å². The van der Waals surface area contributed by atoms with Crippen LogP contribution in [0.2, 0.25) is 0 Å². The van der Waals surface area contributed by atoms with Crippen LogP contribution in [0.25, 0.3) is 0 Å². The Balaban J connectivity index is 2.69. The summed E-state index contributed by atoms with van der Waals surface area (Å²) in [5.41, 5.74) is 5.27. The topological polar surface area (TPSA) is 50.1 Å². The third kappa shape index (κ3) is 9.88. The molecule has 0 aliphatic carbocycles. The van der Waals surface area contributed by atoms with Crippen LogP contribution in [0, 0.1) is 6.42 Å². The molecule has 0 aliphatic heterocycles. The summed E-state index contributed by atoms with van der Waals surface area (Å²) >= 11 is 0. The predicted octanol–water partition coefficient (Wildman–Crippen LogP) is 1.13. The largest absolute Gasteiger partial charge is 0.258 e. The molecule has 0 fully saturated rings. The van der Waals surface area contributed by atoms with Gasteiger partial charge in [-0.3, -0.25) is 5.84 Å². The van der Waals surface area contributed by atoms with Crippen molar-refractivity contribution in [2.24, 2.45) is 5.84 Å². The molecule has 3 nitrogen and oxygen atoms in total. The first-order valence-corrected chi connectivity index (χ1v) is 4.42. The zero-order valence-corrected chi connectivity index (χ0v) is 7.40. The summed E-state index contributed by atoms with van der Waals surface area (Å²) in [5, 5.41) is 0. The van der Waals surface area contributed by atoms with E-state index in [1.165, 1.54) is 32.1 Å². The summed E-state index contributed by atoms with van der Waals surface area (Å²) < 4.78 is 0. The van der Waals surface area contributed by atoms with Crippen LogP contribution in [-0.2, 0) is 0 Å². The van der Waals surface area contributed by atoms with Crippen LogP contribution in [0.3, 0.4) is 0 Å². The number of hydrogen-bond acceptors (Lipinski definition) is 3. The van der Waals surface area contributed by atoms with Gasteiger partial charge in [-0.15, -0.1) is 0 Å². The van der Waals surface area contributed by atoms with Gasteiger partial charge in [0, 0.05) is 6.54 Å². The van der Waals surface area contributed by atoms with Gasteiger partial charge < -0.3 is 0 Å². The lowest BCUT2D eigenvalue weighted by molar-refractivity contribution is 0.520. The highest BCUT2D eigenvalue weighted by molar-refractivity contribution is 4.60. The molecule has 0 saturated carbocycles. The lowest BCUT2D eigenvalue weighted by atomic mass is 10.1. The fraction of sp³-hybridized carbons (Fsp3) is 0.875. The van der Waals surface area contributed by atoms with Crippen LogP contribution in [0.1, 0.15) is 39.0 Å². The minimum absolute atomic E-state index is 0.961. The quantitative estimate of drug-likeness (QED) is 0.282. The SMILES string of the molecule is CC[CH]CCCCCNNN. The summed E-state index contributed by atoms with van der Waals surface area (Å²) in [6.45, 7) is 3.14. The van der Waals surface area contributed by atoms with Crippen LogP contribution < -0.4 is 16.8 Å². The molecule has 0 aliphatic rings. The van der Waals surface area contributed by atoms with Crippen LogP contribution >= 0.6 is 0 Å². The van der Waals surface area contributed by atoms with Gasteiger partial charge in [-0.05, 0) is 12.8 Å². The number of nitrogens with two attached hydrogens (primary N) is 1. The number of nitrogens with one attached hydrogen (secondary N) is 2. The van der Waals surface area contributed by atoms with Gasteiger partial charge in [-0.25, -0.2) is 5.43 Å². The van der Waals surface area contributed by atoms with Gasteiger partial charge in [0.25, 0.3) is 0 Å². The van der Waals surface area contributed by atoms with Gasteiger partial charge in [0.15, 0.2) is 0 Å². The Labute approximate surface area is 69.7 Å². The van der Waals surface area contributed by atoms with Gasteiger partial charge in [0.2, 0.25) is 0 Å². The lowest BCUT2D eigenvalue weighted by Crippen LogP contribution is -2.38. The number of hydrogen-bond donors (Lipinski definition) is 3. The third-order valence-electron chi connectivity index (χ3n) is 1.60. The molecule has 1 radical (unpaired) electrons. The fourth-order valence-corrected chi connectivity index (χ4v) is 0.955. The summed E-state index contributed by atoms with van der Waals surface area (Å²) in [4.78, 5) is 0. The van der Waals surface area contributed by atoms with E-state index in [0.29, 0.717) is 0 Å². The van der Waals surface area contributed by atoms with Crippen molar-refractivity contribution in [3.05, 3.63) is 6.42 Å². The van der Waals surface area contributed by atoms with E-state index in [2.05, 4.69) is 24.3 Å². The van der Waals surface area contributed by atoms with Crippen molar-refractivity contribution in [1.29, 1.82) is 0 Å². The molecule has 0 aromatic carbocycles. The second kappa shape index (κ2) is 9.88. The van der Waals surface area contributed by atoms with E-state index in [1.54, 1.807) is 0 Å². The standard InChI is InChI=1S/C8H20N3/c1-2-3-4-5-6-7-8-10-11-9/h3,10-11H,2,4-9H2,1H3. The highest BCUT2D eigenvalue weighted by Crippen LogP contribution is 2.02. The summed E-state index contributed by atoms with van der Waals surface area (Å²) in [5.74, 6) is 5.02. The van der Waals surface area contributed by atoms with Crippen molar-refractivity contribution >= 4 is 0 Å². The fourth-order valence-electron chi connectivity index (χ4n) is 0.955.